The maximum absolute atomic E-state index is 5.86. The van der Waals surface area contributed by atoms with Gasteiger partial charge in [-0.3, -0.25) is 4.40 Å². The first-order valence-corrected chi connectivity index (χ1v) is 6.95. The molecular formula is C14H20N4. The normalized spacial score (nSPS) is 18.7. The summed E-state index contributed by atoms with van der Waals surface area (Å²) in [5, 5.41) is 8.64. The summed E-state index contributed by atoms with van der Waals surface area (Å²) in [6, 6.07) is 3.82. The van der Waals surface area contributed by atoms with Gasteiger partial charge in [0.2, 0.25) is 0 Å². The van der Waals surface area contributed by atoms with Crippen LogP contribution in [0.4, 0.5) is 5.69 Å². The lowest BCUT2D eigenvalue weighted by atomic mass is 9.90. The van der Waals surface area contributed by atoms with Crippen molar-refractivity contribution >= 4 is 11.3 Å². The second-order valence-corrected chi connectivity index (χ2v) is 5.29. The second-order valence-electron chi connectivity index (χ2n) is 5.29. The molecular weight excluding hydrogens is 224 g/mol. The summed E-state index contributed by atoms with van der Waals surface area (Å²) < 4.78 is 2.07. The molecule has 2 N–H and O–H groups in total. The topological polar surface area (TPSA) is 56.2 Å². The summed E-state index contributed by atoms with van der Waals surface area (Å²) in [4.78, 5) is 0. The van der Waals surface area contributed by atoms with E-state index in [1.54, 1.807) is 0 Å². The zero-order valence-corrected chi connectivity index (χ0v) is 10.7. The monoisotopic (exact) mass is 244 g/mol. The second kappa shape index (κ2) is 4.96. The molecule has 1 aliphatic carbocycles. The number of fused-ring (bicyclic) bond motifs is 1. The van der Waals surface area contributed by atoms with Crippen LogP contribution >= 0.6 is 0 Å². The Morgan fingerprint density at radius 2 is 1.72 bits per heavy atom. The van der Waals surface area contributed by atoms with Crippen LogP contribution in [0.25, 0.3) is 5.65 Å². The molecule has 96 valence electrons. The molecule has 0 amide bonds. The molecule has 0 bridgehead atoms. The van der Waals surface area contributed by atoms with E-state index in [9.17, 15) is 0 Å². The first-order chi connectivity index (χ1) is 8.84. The van der Waals surface area contributed by atoms with Crippen molar-refractivity contribution in [2.24, 2.45) is 0 Å². The molecule has 18 heavy (non-hydrogen) atoms. The van der Waals surface area contributed by atoms with Crippen LogP contribution in [0.1, 0.15) is 56.7 Å². The molecule has 0 unspecified atom stereocenters. The van der Waals surface area contributed by atoms with Gasteiger partial charge in [-0.05, 0) is 25.0 Å². The van der Waals surface area contributed by atoms with Crippen LogP contribution in [0.15, 0.2) is 18.3 Å². The largest absolute Gasteiger partial charge is 0.398 e. The van der Waals surface area contributed by atoms with Crippen molar-refractivity contribution in [2.45, 2.75) is 50.9 Å². The quantitative estimate of drug-likeness (QED) is 0.838. The van der Waals surface area contributed by atoms with Gasteiger partial charge in [-0.15, -0.1) is 10.2 Å². The highest BCUT2D eigenvalue weighted by Gasteiger charge is 2.19. The Morgan fingerprint density at radius 1 is 1.00 bits per heavy atom. The Labute approximate surface area is 107 Å². The minimum atomic E-state index is 0.544. The molecule has 2 heterocycles. The van der Waals surface area contributed by atoms with Gasteiger partial charge in [-0.2, -0.15) is 0 Å². The maximum Gasteiger partial charge on any atom is 0.160 e. The highest BCUT2D eigenvalue weighted by Crippen LogP contribution is 2.30. The number of anilines is 1. The zero-order valence-electron chi connectivity index (χ0n) is 10.7. The summed E-state index contributed by atoms with van der Waals surface area (Å²) in [7, 11) is 0. The van der Waals surface area contributed by atoms with E-state index in [4.69, 9.17) is 5.73 Å². The lowest BCUT2D eigenvalue weighted by Crippen LogP contribution is -2.07. The van der Waals surface area contributed by atoms with Crippen molar-refractivity contribution in [3.8, 4) is 0 Å². The lowest BCUT2D eigenvalue weighted by Gasteiger charge is -2.18. The minimum Gasteiger partial charge on any atom is -0.398 e. The summed E-state index contributed by atoms with van der Waals surface area (Å²) in [5.74, 6) is 1.64. The van der Waals surface area contributed by atoms with Crippen LogP contribution in [-0.4, -0.2) is 14.6 Å². The van der Waals surface area contributed by atoms with Gasteiger partial charge in [-0.1, -0.05) is 32.1 Å². The van der Waals surface area contributed by atoms with Gasteiger partial charge in [0, 0.05) is 17.8 Å². The molecule has 4 nitrogen and oxygen atoms in total. The van der Waals surface area contributed by atoms with Crippen LogP contribution < -0.4 is 5.73 Å². The molecule has 0 radical (unpaired) electrons. The van der Waals surface area contributed by atoms with E-state index in [1.165, 1.54) is 44.9 Å². The molecule has 3 rings (SSSR count). The van der Waals surface area contributed by atoms with Crippen LogP contribution in [0.5, 0.6) is 0 Å². The maximum atomic E-state index is 5.86. The average Bonchev–Trinajstić information content (AvgIpc) is 2.72. The number of hydrogen-bond acceptors (Lipinski definition) is 3. The van der Waals surface area contributed by atoms with Gasteiger partial charge in [0.05, 0.1) is 0 Å². The summed E-state index contributed by atoms with van der Waals surface area (Å²) in [6.07, 6.45) is 11.1. The van der Waals surface area contributed by atoms with Crippen LogP contribution in [0, 0.1) is 0 Å². The first-order valence-electron chi connectivity index (χ1n) is 6.95. The van der Waals surface area contributed by atoms with E-state index in [0.29, 0.717) is 5.92 Å². The summed E-state index contributed by atoms with van der Waals surface area (Å²) in [5.41, 5.74) is 7.54. The molecule has 1 saturated carbocycles. The number of nitrogen functional groups attached to an aromatic ring is 1. The van der Waals surface area contributed by atoms with Gasteiger partial charge < -0.3 is 5.73 Å². The minimum absolute atomic E-state index is 0.544. The van der Waals surface area contributed by atoms with Crippen LogP contribution in [0.3, 0.4) is 0 Å². The molecule has 2 aromatic heterocycles. The predicted molar refractivity (Wildman–Crippen MR) is 72.5 cm³/mol. The van der Waals surface area contributed by atoms with E-state index in [1.807, 2.05) is 18.3 Å². The third-order valence-corrected chi connectivity index (χ3v) is 3.92. The van der Waals surface area contributed by atoms with Crippen molar-refractivity contribution in [1.82, 2.24) is 14.6 Å². The average molecular weight is 244 g/mol. The summed E-state index contributed by atoms with van der Waals surface area (Å²) >= 11 is 0. The number of hydrogen-bond donors (Lipinski definition) is 1. The number of aromatic nitrogens is 3. The van der Waals surface area contributed by atoms with E-state index < -0.39 is 0 Å². The van der Waals surface area contributed by atoms with Crippen LogP contribution in [0.2, 0.25) is 0 Å². The van der Waals surface area contributed by atoms with Crippen molar-refractivity contribution in [3.05, 3.63) is 24.2 Å². The van der Waals surface area contributed by atoms with Gasteiger partial charge in [0.25, 0.3) is 0 Å². The van der Waals surface area contributed by atoms with E-state index in [2.05, 4.69) is 14.6 Å². The molecule has 2 aromatic rings. The molecule has 1 fully saturated rings. The Morgan fingerprint density at radius 3 is 2.50 bits per heavy atom. The fourth-order valence-corrected chi connectivity index (χ4v) is 2.92. The first kappa shape index (κ1) is 11.5. The van der Waals surface area contributed by atoms with Crippen molar-refractivity contribution in [2.75, 3.05) is 5.73 Å². The molecule has 4 heteroatoms. The van der Waals surface area contributed by atoms with Gasteiger partial charge in [-0.25, -0.2) is 0 Å². The molecule has 0 aliphatic heterocycles. The van der Waals surface area contributed by atoms with E-state index in [0.717, 1.165) is 17.2 Å². The number of rotatable bonds is 1. The third kappa shape index (κ3) is 2.19. The zero-order chi connectivity index (χ0) is 12.4. The van der Waals surface area contributed by atoms with Gasteiger partial charge >= 0.3 is 0 Å². The van der Waals surface area contributed by atoms with Gasteiger partial charge in [0.1, 0.15) is 5.82 Å². The Hall–Kier alpha value is -1.58. The Kier molecular flexibility index (Phi) is 3.17. The van der Waals surface area contributed by atoms with E-state index >= 15 is 0 Å². The highest BCUT2D eigenvalue weighted by atomic mass is 15.2. The van der Waals surface area contributed by atoms with Crippen LogP contribution in [-0.2, 0) is 0 Å². The Balaban J connectivity index is 1.94. The molecule has 0 atom stereocenters. The number of pyridine rings is 1. The smallest absolute Gasteiger partial charge is 0.160 e. The van der Waals surface area contributed by atoms with E-state index in [-0.39, 0.29) is 0 Å². The fourth-order valence-electron chi connectivity index (χ4n) is 2.92. The highest BCUT2D eigenvalue weighted by molar-refractivity contribution is 5.47. The fraction of sp³-hybridized carbons (Fsp3) is 0.571. The predicted octanol–water partition coefficient (Wildman–Crippen LogP) is 3.14. The van der Waals surface area contributed by atoms with Crippen molar-refractivity contribution in [1.29, 1.82) is 0 Å². The number of nitrogens with two attached hydrogens (primary N) is 1. The molecule has 1 aliphatic rings. The van der Waals surface area contributed by atoms with Crippen molar-refractivity contribution < 1.29 is 0 Å². The third-order valence-electron chi connectivity index (χ3n) is 3.92. The lowest BCUT2D eigenvalue weighted by molar-refractivity contribution is 0.440. The molecule has 0 spiro atoms. The van der Waals surface area contributed by atoms with Crippen molar-refractivity contribution in [3.63, 3.8) is 0 Å². The van der Waals surface area contributed by atoms with Gasteiger partial charge in [0.15, 0.2) is 5.65 Å². The summed E-state index contributed by atoms with van der Waals surface area (Å²) in [6.45, 7) is 0. The SMILES string of the molecule is Nc1ccc2nnc(C3CCCCCCC3)n2c1. The molecule has 0 aromatic carbocycles. The Bertz CT molecular complexity index is 524. The standard InChI is InChI=1S/C14H20N4/c15-12-8-9-13-16-17-14(18(13)10-12)11-6-4-2-1-3-5-7-11/h8-11H,1-7,15H2. The number of nitrogens with zero attached hydrogens (tertiary/aromatic N) is 3. The molecule has 0 saturated heterocycles.